The van der Waals surface area contributed by atoms with Crippen LogP contribution in [0.2, 0.25) is 10.0 Å². The maximum Gasteiger partial charge on any atom is 0.244 e. The van der Waals surface area contributed by atoms with Crippen molar-refractivity contribution >= 4 is 39.0 Å². The van der Waals surface area contributed by atoms with Gasteiger partial charge < -0.3 is 5.32 Å². The first-order valence-electron chi connectivity index (χ1n) is 11.8. The average Bonchev–Trinajstić information content (AvgIpc) is 2.78. The minimum absolute atomic E-state index is 0.0364. The highest BCUT2D eigenvalue weighted by Crippen LogP contribution is 2.60. The number of halogens is 2. The highest BCUT2D eigenvalue weighted by Gasteiger charge is 2.50. The summed E-state index contributed by atoms with van der Waals surface area (Å²) >= 11 is 12.2. The topological polar surface area (TPSA) is 75.2 Å². The van der Waals surface area contributed by atoms with Gasteiger partial charge in [-0.3, -0.25) is 0 Å². The summed E-state index contributed by atoms with van der Waals surface area (Å²) in [6.07, 6.45) is 10.4. The Bertz CT molecular complexity index is 1170. The molecule has 176 valence electrons. The molecule has 9 heteroatoms. The SMILES string of the molecule is O=S(=O)(c1cc(Cl)ccc1Cl)N1CCc2c(ncnc2NCC23CC4CC(CC(C4)C2)C3)C1. The van der Waals surface area contributed by atoms with E-state index >= 15 is 0 Å². The third-order valence-electron chi connectivity index (χ3n) is 8.28. The van der Waals surface area contributed by atoms with Crippen LogP contribution < -0.4 is 5.32 Å². The molecule has 0 radical (unpaired) electrons. The normalized spacial score (nSPS) is 30.9. The summed E-state index contributed by atoms with van der Waals surface area (Å²) in [5.41, 5.74) is 2.19. The first-order chi connectivity index (χ1) is 15.8. The Hall–Kier alpha value is -1.41. The van der Waals surface area contributed by atoms with Gasteiger partial charge in [0.15, 0.2) is 0 Å². The Morgan fingerprint density at radius 3 is 2.45 bits per heavy atom. The van der Waals surface area contributed by atoms with Gasteiger partial charge in [-0.1, -0.05) is 23.2 Å². The van der Waals surface area contributed by atoms with Crippen molar-refractivity contribution in [2.75, 3.05) is 18.4 Å². The summed E-state index contributed by atoms with van der Waals surface area (Å²) in [5, 5.41) is 4.19. The second kappa shape index (κ2) is 8.08. The number of anilines is 1. The maximum absolute atomic E-state index is 13.3. The number of nitrogens with one attached hydrogen (secondary N) is 1. The van der Waals surface area contributed by atoms with Crippen molar-refractivity contribution in [1.29, 1.82) is 0 Å². The molecule has 4 fully saturated rings. The summed E-state index contributed by atoms with van der Waals surface area (Å²) < 4.78 is 28.0. The van der Waals surface area contributed by atoms with Crippen LogP contribution in [-0.4, -0.2) is 35.8 Å². The van der Waals surface area contributed by atoms with Crippen LogP contribution in [0.15, 0.2) is 29.4 Å². The fourth-order valence-electron chi connectivity index (χ4n) is 7.28. The van der Waals surface area contributed by atoms with Crippen LogP contribution in [0.1, 0.15) is 49.8 Å². The molecule has 2 heterocycles. The average molecular weight is 507 g/mol. The number of aromatic nitrogens is 2. The van der Waals surface area contributed by atoms with Crippen molar-refractivity contribution in [3.63, 3.8) is 0 Å². The van der Waals surface area contributed by atoms with Crippen LogP contribution in [0.3, 0.4) is 0 Å². The molecule has 1 N–H and O–H groups in total. The molecule has 1 aromatic heterocycles. The lowest BCUT2D eigenvalue weighted by atomic mass is 9.49. The lowest BCUT2D eigenvalue weighted by Crippen LogP contribution is -2.49. The lowest BCUT2D eigenvalue weighted by Gasteiger charge is -2.57. The van der Waals surface area contributed by atoms with E-state index < -0.39 is 10.0 Å². The second-order valence-electron chi connectivity index (χ2n) is 10.6. The molecule has 5 aliphatic rings. The van der Waals surface area contributed by atoms with Crippen LogP contribution in [-0.2, 0) is 23.0 Å². The van der Waals surface area contributed by atoms with Gasteiger partial charge in [0.1, 0.15) is 17.0 Å². The van der Waals surface area contributed by atoms with E-state index in [0.29, 0.717) is 23.4 Å². The highest BCUT2D eigenvalue weighted by molar-refractivity contribution is 7.89. The third kappa shape index (κ3) is 3.95. The molecule has 4 aliphatic carbocycles. The van der Waals surface area contributed by atoms with E-state index in [2.05, 4.69) is 15.3 Å². The summed E-state index contributed by atoms with van der Waals surface area (Å²) in [7, 11) is -3.78. The number of sulfonamides is 1. The number of benzene rings is 1. The smallest absolute Gasteiger partial charge is 0.244 e. The van der Waals surface area contributed by atoms with Crippen molar-refractivity contribution in [3.05, 3.63) is 45.8 Å². The fraction of sp³-hybridized carbons (Fsp3) is 0.583. The molecule has 4 bridgehead atoms. The first kappa shape index (κ1) is 22.1. The summed E-state index contributed by atoms with van der Waals surface area (Å²) in [5.74, 6) is 3.60. The van der Waals surface area contributed by atoms with E-state index in [9.17, 15) is 8.42 Å². The minimum Gasteiger partial charge on any atom is -0.369 e. The quantitative estimate of drug-likeness (QED) is 0.605. The van der Waals surface area contributed by atoms with Gasteiger partial charge in [0.2, 0.25) is 10.0 Å². The molecule has 33 heavy (non-hydrogen) atoms. The standard InChI is InChI=1S/C24H28Cl2N4O2S/c25-18-1-2-20(26)22(8-18)33(31,32)30-4-3-19-21(12-30)28-14-29-23(19)27-13-24-9-15-5-16(10-24)7-17(6-15)11-24/h1-2,8,14-17H,3-7,9-13H2,(H,27,28,29). The van der Waals surface area contributed by atoms with Crippen molar-refractivity contribution in [3.8, 4) is 0 Å². The molecule has 0 spiro atoms. The van der Waals surface area contributed by atoms with E-state index in [1.807, 2.05) is 0 Å². The molecule has 6 nitrogen and oxygen atoms in total. The van der Waals surface area contributed by atoms with Crippen LogP contribution in [0.25, 0.3) is 0 Å². The van der Waals surface area contributed by atoms with Gasteiger partial charge in [0.25, 0.3) is 0 Å². The Morgan fingerprint density at radius 2 is 1.76 bits per heavy atom. The zero-order valence-corrected chi connectivity index (χ0v) is 20.8. The predicted octanol–water partition coefficient (Wildman–Crippen LogP) is 5.16. The van der Waals surface area contributed by atoms with Crippen molar-refractivity contribution in [1.82, 2.24) is 14.3 Å². The van der Waals surface area contributed by atoms with Crippen molar-refractivity contribution < 1.29 is 8.42 Å². The maximum atomic E-state index is 13.3. The van der Waals surface area contributed by atoms with Gasteiger partial charge in [-0.05, 0) is 86.3 Å². The Balaban J connectivity index is 1.21. The van der Waals surface area contributed by atoms with Gasteiger partial charge in [0.05, 0.1) is 17.3 Å². The molecule has 4 saturated carbocycles. The van der Waals surface area contributed by atoms with E-state index in [4.69, 9.17) is 23.2 Å². The van der Waals surface area contributed by atoms with Crippen LogP contribution in [0.5, 0.6) is 0 Å². The molecule has 1 aromatic carbocycles. The van der Waals surface area contributed by atoms with E-state index in [0.717, 1.165) is 41.4 Å². The third-order valence-corrected chi connectivity index (χ3v) is 10.8. The predicted molar refractivity (Wildman–Crippen MR) is 129 cm³/mol. The molecule has 0 amide bonds. The summed E-state index contributed by atoms with van der Waals surface area (Å²) in [6.45, 7) is 1.52. The lowest BCUT2D eigenvalue weighted by molar-refractivity contribution is -0.0444. The van der Waals surface area contributed by atoms with Gasteiger partial charge in [-0.15, -0.1) is 0 Å². The van der Waals surface area contributed by atoms with Crippen molar-refractivity contribution in [2.24, 2.45) is 23.2 Å². The second-order valence-corrected chi connectivity index (χ2v) is 13.3. The number of hydrogen-bond acceptors (Lipinski definition) is 5. The van der Waals surface area contributed by atoms with Crippen LogP contribution >= 0.6 is 23.2 Å². The van der Waals surface area contributed by atoms with Crippen molar-refractivity contribution in [2.45, 2.75) is 56.4 Å². The van der Waals surface area contributed by atoms with E-state index in [1.54, 1.807) is 12.4 Å². The van der Waals surface area contributed by atoms with Gasteiger partial charge in [-0.2, -0.15) is 4.31 Å². The largest absolute Gasteiger partial charge is 0.369 e. The van der Waals surface area contributed by atoms with E-state index in [1.165, 1.54) is 55.0 Å². The van der Waals surface area contributed by atoms with Gasteiger partial charge in [-0.25, -0.2) is 18.4 Å². The van der Waals surface area contributed by atoms with Gasteiger partial charge in [0, 0.05) is 23.7 Å². The summed E-state index contributed by atoms with van der Waals surface area (Å²) in [6, 6.07) is 4.51. The van der Waals surface area contributed by atoms with Crippen LogP contribution in [0, 0.1) is 23.2 Å². The summed E-state index contributed by atoms with van der Waals surface area (Å²) in [4.78, 5) is 9.02. The molecule has 2 aromatic rings. The van der Waals surface area contributed by atoms with Crippen LogP contribution in [0.4, 0.5) is 5.82 Å². The minimum atomic E-state index is -3.78. The first-order valence-corrected chi connectivity index (χ1v) is 14.0. The molecule has 0 unspecified atom stereocenters. The number of rotatable bonds is 5. The van der Waals surface area contributed by atoms with Gasteiger partial charge >= 0.3 is 0 Å². The number of nitrogens with zero attached hydrogens (tertiary/aromatic N) is 3. The molecule has 7 rings (SSSR count). The number of fused-ring (bicyclic) bond motifs is 1. The molecule has 0 saturated heterocycles. The molecular formula is C24H28Cl2N4O2S. The number of hydrogen-bond donors (Lipinski definition) is 1. The fourth-order valence-corrected chi connectivity index (χ4v) is 9.42. The monoisotopic (exact) mass is 506 g/mol. The Labute approximate surface area is 205 Å². The zero-order chi connectivity index (χ0) is 22.8. The van der Waals surface area contributed by atoms with E-state index in [-0.39, 0.29) is 16.5 Å². The molecular weight excluding hydrogens is 479 g/mol. The Morgan fingerprint density at radius 1 is 1.06 bits per heavy atom. The highest BCUT2D eigenvalue weighted by atomic mass is 35.5. The zero-order valence-electron chi connectivity index (χ0n) is 18.4. The molecule has 1 aliphatic heterocycles. The molecule has 0 atom stereocenters. The Kier molecular flexibility index (Phi) is 5.40.